The van der Waals surface area contributed by atoms with Gasteiger partial charge in [-0.15, -0.1) is 6.92 Å². The molecule has 0 nitrogen and oxygen atoms in total. The summed E-state index contributed by atoms with van der Waals surface area (Å²) in [5.74, 6) is 0. The van der Waals surface area contributed by atoms with Gasteiger partial charge in [-0.1, -0.05) is 33.1 Å². The van der Waals surface area contributed by atoms with E-state index in [0.29, 0.717) is 0 Å². The van der Waals surface area contributed by atoms with Crippen LogP contribution in [0.15, 0.2) is 16.7 Å². The summed E-state index contributed by atoms with van der Waals surface area (Å²) in [4.78, 5) is 0. The normalized spacial score (nSPS) is 16.8. The van der Waals surface area contributed by atoms with Crippen LogP contribution in [0.25, 0.3) is 0 Å². The van der Waals surface area contributed by atoms with Gasteiger partial charge in [0, 0.05) is 0 Å². The van der Waals surface area contributed by atoms with E-state index in [1.54, 1.807) is 0 Å². The van der Waals surface area contributed by atoms with Crippen LogP contribution in [0.2, 0.25) is 0 Å². The first-order chi connectivity index (χ1) is 4.45. The van der Waals surface area contributed by atoms with E-state index in [0.717, 1.165) is 0 Å². The Morgan fingerprint density at radius 2 is 1.29 bits per heavy atom. The third-order valence-electron chi connectivity index (χ3n) is 2.56. The predicted octanol–water partition coefficient (Wildman–Crippen LogP) is -5.88. The molecule has 0 aromatic heterocycles. The Labute approximate surface area is 119 Å². The van der Waals surface area contributed by atoms with Gasteiger partial charge in [0.05, 0.1) is 0 Å². The van der Waals surface area contributed by atoms with Crippen LogP contribution in [0.5, 0.6) is 0 Å². The minimum atomic E-state index is 0. The van der Waals surface area contributed by atoms with E-state index in [2.05, 4.69) is 40.7 Å². The molecule has 0 heterocycles. The zero-order valence-electron chi connectivity index (χ0n) is 8.99. The second kappa shape index (κ2) is 8.16. The molecule has 1 rings (SSSR count). The van der Waals surface area contributed by atoms with Crippen molar-refractivity contribution >= 4 is 0 Å². The van der Waals surface area contributed by atoms with Crippen molar-refractivity contribution < 1.29 is 56.7 Å². The Kier molecular flexibility index (Phi) is 14.2. The maximum Gasteiger partial charge on any atom is 4.00 e. The molecule has 0 atom stereocenters. The summed E-state index contributed by atoms with van der Waals surface area (Å²) in [6, 6.07) is 0. The third kappa shape index (κ3) is 4.66. The van der Waals surface area contributed by atoms with E-state index in [1.165, 1.54) is 16.7 Å². The molecule has 0 radical (unpaired) electrons. The van der Waals surface area contributed by atoms with Crippen LogP contribution < -0.4 is 37.2 Å². The largest absolute Gasteiger partial charge is 4.00 e. The zero-order chi connectivity index (χ0) is 7.94. The van der Waals surface area contributed by atoms with E-state index < -0.39 is 0 Å². The molecule has 1 aliphatic carbocycles. The Balaban J connectivity index is -0.000000125. The molecular weight excluding hydrogens is 328 g/mol. The molecule has 0 aromatic rings. The van der Waals surface area contributed by atoms with Gasteiger partial charge >= 0.3 is 19.5 Å². The second-order valence-electron chi connectivity index (χ2n) is 3.62. The second-order valence-corrected chi connectivity index (χ2v) is 3.62. The molecule has 0 aromatic carbocycles. The van der Waals surface area contributed by atoms with Crippen LogP contribution in [-0.4, -0.2) is 0 Å². The fourth-order valence-electron chi connectivity index (χ4n) is 1.41. The van der Waals surface area contributed by atoms with E-state index in [4.69, 9.17) is 0 Å². The first-order valence-corrected chi connectivity index (χ1v) is 3.75. The van der Waals surface area contributed by atoms with Gasteiger partial charge in [-0.25, -0.2) is 5.57 Å². The monoisotopic (exact) mass is 342 g/mol. The van der Waals surface area contributed by atoms with Crippen LogP contribution in [-0.2, 0) is 19.5 Å². The molecule has 84 valence electrons. The molecule has 0 amide bonds. The maximum absolute atomic E-state index is 3.44. The molecular formula is C10H15Cl3Ru. The van der Waals surface area contributed by atoms with E-state index in [-0.39, 0.29) is 62.1 Å². The Morgan fingerprint density at radius 3 is 1.36 bits per heavy atom. The Bertz CT molecular complexity index is 230. The molecule has 0 N–H and O–H groups in total. The molecule has 0 spiro atoms. The summed E-state index contributed by atoms with van der Waals surface area (Å²) in [5.41, 5.74) is 4.39. The van der Waals surface area contributed by atoms with Crippen molar-refractivity contribution in [3.8, 4) is 0 Å². The minimum absolute atomic E-state index is 0. The van der Waals surface area contributed by atoms with E-state index >= 15 is 0 Å². The molecule has 0 aliphatic heterocycles. The standard InChI is InChI=1S/C10H15.3ClH.Ru/c1-7-6-10(4,5)9(3)8(7)2;;;;/h1-5H3;3*1H;/q-1;;;;+4/p-3. The van der Waals surface area contributed by atoms with Crippen LogP contribution in [0, 0.1) is 11.5 Å². The minimum Gasteiger partial charge on any atom is -1.00 e. The predicted molar refractivity (Wildman–Crippen MR) is 44.6 cm³/mol. The molecule has 0 bridgehead atoms. The van der Waals surface area contributed by atoms with Crippen LogP contribution in [0.4, 0.5) is 0 Å². The van der Waals surface area contributed by atoms with Crippen molar-refractivity contribution in [2.45, 2.75) is 34.6 Å². The summed E-state index contributed by atoms with van der Waals surface area (Å²) in [6.07, 6.45) is 3.44. The summed E-state index contributed by atoms with van der Waals surface area (Å²) in [7, 11) is 0. The molecule has 0 saturated carbocycles. The molecule has 0 fully saturated rings. The van der Waals surface area contributed by atoms with Crippen LogP contribution in [0.1, 0.15) is 34.6 Å². The number of hydrogen-bond acceptors (Lipinski definition) is 0. The quantitative estimate of drug-likeness (QED) is 0.304. The molecule has 0 saturated heterocycles. The topological polar surface area (TPSA) is 0 Å². The van der Waals surface area contributed by atoms with Gasteiger partial charge in [-0.05, 0) is 0 Å². The Morgan fingerprint density at radius 1 is 0.929 bits per heavy atom. The first kappa shape index (κ1) is 24.3. The smallest absolute Gasteiger partial charge is 1.00 e. The Hall–Kier alpha value is 0.973. The van der Waals surface area contributed by atoms with Crippen molar-refractivity contribution in [2.24, 2.45) is 5.41 Å². The van der Waals surface area contributed by atoms with Crippen LogP contribution in [0.3, 0.4) is 0 Å². The first-order valence-electron chi connectivity index (χ1n) is 3.75. The van der Waals surface area contributed by atoms with Crippen molar-refractivity contribution in [3.05, 3.63) is 22.8 Å². The molecule has 0 unspecified atom stereocenters. The van der Waals surface area contributed by atoms with Crippen molar-refractivity contribution in [1.82, 2.24) is 0 Å². The maximum atomic E-state index is 3.44. The van der Waals surface area contributed by atoms with Gasteiger partial charge in [-0.2, -0.15) is 11.1 Å². The van der Waals surface area contributed by atoms with E-state index in [9.17, 15) is 0 Å². The van der Waals surface area contributed by atoms with Crippen molar-refractivity contribution in [3.63, 3.8) is 0 Å². The van der Waals surface area contributed by atoms with Crippen molar-refractivity contribution in [1.29, 1.82) is 0 Å². The van der Waals surface area contributed by atoms with Gasteiger partial charge in [0.1, 0.15) is 0 Å². The number of hydrogen-bond donors (Lipinski definition) is 0. The van der Waals surface area contributed by atoms with Gasteiger partial charge in [0.25, 0.3) is 0 Å². The molecule has 4 heteroatoms. The average Bonchev–Trinajstić information content (AvgIpc) is 1.95. The summed E-state index contributed by atoms with van der Waals surface area (Å²) in [5, 5.41) is 0. The van der Waals surface area contributed by atoms with E-state index in [1.807, 2.05) is 0 Å². The van der Waals surface area contributed by atoms with Gasteiger partial charge < -0.3 is 37.2 Å². The fourth-order valence-corrected chi connectivity index (χ4v) is 1.41. The van der Waals surface area contributed by atoms with Gasteiger partial charge in [0.15, 0.2) is 0 Å². The summed E-state index contributed by atoms with van der Waals surface area (Å²) in [6.45, 7) is 10.9. The van der Waals surface area contributed by atoms with Gasteiger partial charge in [0.2, 0.25) is 0 Å². The van der Waals surface area contributed by atoms with Crippen LogP contribution >= 0.6 is 0 Å². The fraction of sp³-hybridized carbons (Fsp3) is 0.600. The third-order valence-corrected chi connectivity index (χ3v) is 2.56. The molecule has 14 heavy (non-hydrogen) atoms. The van der Waals surface area contributed by atoms with Gasteiger partial charge in [-0.3, -0.25) is 6.08 Å². The molecule has 1 aliphatic rings. The number of allylic oxidation sites excluding steroid dienone is 4. The number of rotatable bonds is 0. The number of halogens is 3. The summed E-state index contributed by atoms with van der Waals surface area (Å²) < 4.78 is 0. The zero-order valence-corrected chi connectivity index (χ0v) is 13.0. The summed E-state index contributed by atoms with van der Waals surface area (Å²) >= 11 is 0. The van der Waals surface area contributed by atoms with Crippen molar-refractivity contribution in [2.75, 3.05) is 0 Å². The average molecular weight is 343 g/mol. The SMILES string of the molecule is CC1=[C-]C(C)(C)C(C)=C1C.[Cl-].[Cl-].[Cl-].[Ru+4].